The van der Waals surface area contributed by atoms with Gasteiger partial charge in [-0.3, -0.25) is 9.59 Å². The molecule has 2 heterocycles. The van der Waals surface area contributed by atoms with Crippen molar-refractivity contribution in [3.63, 3.8) is 0 Å². The van der Waals surface area contributed by atoms with Crippen molar-refractivity contribution < 1.29 is 19.8 Å². The summed E-state index contributed by atoms with van der Waals surface area (Å²) in [6, 6.07) is 9.10. The molecule has 0 saturated heterocycles. The standard InChI is InChI=1S/C19H20ClNO4S/c20-13-6-7-15-12(11-13)8-9-21(15)19(25)18(24)17(23)16(22)5-1-3-14-4-2-10-26-14/h2,4,6-7,10-11,17-18,23-24H,1,3,5,8-9H2/t17-,18+/m0/s1. The third-order valence-electron chi connectivity index (χ3n) is 4.51. The number of benzene rings is 1. The van der Waals surface area contributed by atoms with Crippen molar-refractivity contribution in [3.05, 3.63) is 51.2 Å². The van der Waals surface area contributed by atoms with E-state index in [1.807, 2.05) is 17.5 Å². The van der Waals surface area contributed by atoms with Gasteiger partial charge in [0.05, 0.1) is 0 Å². The molecule has 2 atom stereocenters. The van der Waals surface area contributed by atoms with Gasteiger partial charge < -0.3 is 15.1 Å². The summed E-state index contributed by atoms with van der Waals surface area (Å²) in [5.74, 6) is -1.18. The van der Waals surface area contributed by atoms with E-state index in [-0.39, 0.29) is 6.42 Å². The highest BCUT2D eigenvalue weighted by Gasteiger charge is 2.35. The smallest absolute Gasteiger partial charge is 0.259 e. The number of hydrogen-bond donors (Lipinski definition) is 2. The molecular weight excluding hydrogens is 374 g/mol. The molecule has 7 heteroatoms. The first kappa shape index (κ1) is 19.0. The van der Waals surface area contributed by atoms with E-state index >= 15 is 0 Å². The molecule has 1 aromatic heterocycles. The minimum atomic E-state index is -1.76. The van der Waals surface area contributed by atoms with Crippen molar-refractivity contribution >= 4 is 40.3 Å². The largest absolute Gasteiger partial charge is 0.382 e. The number of halogens is 1. The van der Waals surface area contributed by atoms with E-state index < -0.39 is 23.9 Å². The fraction of sp³-hybridized carbons (Fsp3) is 0.368. The second-order valence-corrected chi connectivity index (χ2v) is 7.77. The molecule has 2 N–H and O–H groups in total. The van der Waals surface area contributed by atoms with Crippen LogP contribution in [0.3, 0.4) is 0 Å². The monoisotopic (exact) mass is 393 g/mol. The van der Waals surface area contributed by atoms with Gasteiger partial charge in [0, 0.05) is 28.6 Å². The number of aliphatic hydroxyl groups is 2. The van der Waals surface area contributed by atoms with Crippen LogP contribution in [0, 0.1) is 0 Å². The molecule has 1 amide bonds. The Morgan fingerprint density at radius 1 is 1.23 bits per heavy atom. The highest BCUT2D eigenvalue weighted by molar-refractivity contribution is 7.09. The molecule has 0 fully saturated rings. The molecule has 1 aliphatic rings. The summed E-state index contributed by atoms with van der Waals surface area (Å²) in [6.07, 6.45) is -1.41. The van der Waals surface area contributed by atoms with E-state index in [2.05, 4.69) is 0 Å². The maximum Gasteiger partial charge on any atom is 0.259 e. The first-order valence-electron chi connectivity index (χ1n) is 8.48. The van der Waals surface area contributed by atoms with Crippen LogP contribution < -0.4 is 4.90 Å². The maximum absolute atomic E-state index is 12.5. The van der Waals surface area contributed by atoms with Crippen molar-refractivity contribution in [2.24, 2.45) is 0 Å². The Balaban J connectivity index is 1.57. The number of fused-ring (bicyclic) bond motifs is 1. The average molecular weight is 394 g/mol. The zero-order valence-corrected chi connectivity index (χ0v) is 15.7. The van der Waals surface area contributed by atoms with Gasteiger partial charge in [0.2, 0.25) is 0 Å². The summed E-state index contributed by atoms with van der Waals surface area (Å²) in [7, 11) is 0. The Morgan fingerprint density at radius 3 is 2.77 bits per heavy atom. The van der Waals surface area contributed by atoms with Crippen LogP contribution in [0.5, 0.6) is 0 Å². The third-order valence-corrected chi connectivity index (χ3v) is 5.68. The minimum Gasteiger partial charge on any atom is -0.382 e. The lowest BCUT2D eigenvalue weighted by Gasteiger charge is -2.23. The van der Waals surface area contributed by atoms with Crippen molar-refractivity contribution in [1.29, 1.82) is 0 Å². The van der Waals surface area contributed by atoms with Crippen LogP contribution in [-0.2, 0) is 22.4 Å². The number of aliphatic hydroxyl groups excluding tert-OH is 2. The van der Waals surface area contributed by atoms with Crippen molar-refractivity contribution in [2.75, 3.05) is 11.4 Å². The van der Waals surface area contributed by atoms with E-state index in [4.69, 9.17) is 11.6 Å². The average Bonchev–Trinajstić information content (AvgIpc) is 3.28. The molecule has 26 heavy (non-hydrogen) atoms. The van der Waals surface area contributed by atoms with Gasteiger partial charge in [-0.25, -0.2) is 0 Å². The van der Waals surface area contributed by atoms with E-state index in [9.17, 15) is 19.8 Å². The summed E-state index contributed by atoms with van der Waals surface area (Å²) >= 11 is 7.57. The molecule has 3 rings (SSSR count). The number of thiophene rings is 1. The number of Topliss-reactive ketones (excluding diaryl/α,β-unsaturated/α-hetero) is 1. The van der Waals surface area contributed by atoms with Gasteiger partial charge >= 0.3 is 0 Å². The summed E-state index contributed by atoms with van der Waals surface area (Å²) in [5, 5.41) is 22.8. The maximum atomic E-state index is 12.5. The lowest BCUT2D eigenvalue weighted by atomic mass is 10.0. The Labute approximate surface area is 160 Å². The van der Waals surface area contributed by atoms with Gasteiger partial charge in [-0.1, -0.05) is 17.7 Å². The second-order valence-electron chi connectivity index (χ2n) is 6.30. The number of hydrogen-bond acceptors (Lipinski definition) is 5. The van der Waals surface area contributed by atoms with Gasteiger partial charge in [0.1, 0.15) is 6.10 Å². The molecule has 0 spiro atoms. The Kier molecular flexibility index (Phi) is 6.09. The number of carbonyl (C=O) groups excluding carboxylic acids is 2. The number of amides is 1. The predicted molar refractivity (Wildman–Crippen MR) is 102 cm³/mol. The zero-order chi connectivity index (χ0) is 18.7. The van der Waals surface area contributed by atoms with Crippen LogP contribution in [0.1, 0.15) is 23.3 Å². The molecule has 1 aromatic carbocycles. The highest BCUT2D eigenvalue weighted by atomic mass is 35.5. The topological polar surface area (TPSA) is 77.8 Å². The van der Waals surface area contributed by atoms with Crippen LogP contribution in [0.15, 0.2) is 35.7 Å². The molecule has 0 unspecified atom stereocenters. The van der Waals surface area contributed by atoms with Crippen LogP contribution in [0.2, 0.25) is 5.02 Å². The number of nitrogens with zero attached hydrogens (tertiary/aromatic N) is 1. The van der Waals surface area contributed by atoms with Gasteiger partial charge in [0.15, 0.2) is 11.9 Å². The van der Waals surface area contributed by atoms with Crippen LogP contribution >= 0.6 is 22.9 Å². The van der Waals surface area contributed by atoms with Crippen molar-refractivity contribution in [3.8, 4) is 0 Å². The Morgan fingerprint density at radius 2 is 2.04 bits per heavy atom. The quantitative estimate of drug-likeness (QED) is 0.758. The second kappa shape index (κ2) is 8.31. The summed E-state index contributed by atoms with van der Waals surface area (Å²) in [4.78, 5) is 27.2. The summed E-state index contributed by atoms with van der Waals surface area (Å²) < 4.78 is 0. The molecule has 0 aliphatic carbocycles. The van der Waals surface area contributed by atoms with Crippen molar-refractivity contribution in [2.45, 2.75) is 37.9 Å². The number of carbonyl (C=O) groups is 2. The van der Waals surface area contributed by atoms with E-state index in [1.54, 1.807) is 29.5 Å². The van der Waals surface area contributed by atoms with E-state index in [0.29, 0.717) is 30.1 Å². The molecule has 2 aromatic rings. The van der Waals surface area contributed by atoms with Gasteiger partial charge in [-0.2, -0.15) is 0 Å². The molecule has 0 bridgehead atoms. The number of aryl methyl sites for hydroxylation is 1. The third kappa shape index (κ3) is 4.15. The highest BCUT2D eigenvalue weighted by Crippen LogP contribution is 2.31. The normalized spacial score (nSPS) is 15.6. The first-order chi connectivity index (χ1) is 12.5. The molecule has 138 valence electrons. The predicted octanol–water partition coefficient (Wildman–Crippen LogP) is 2.60. The molecule has 0 saturated carbocycles. The van der Waals surface area contributed by atoms with Crippen LogP contribution in [0.25, 0.3) is 0 Å². The molecule has 0 radical (unpaired) electrons. The van der Waals surface area contributed by atoms with Gasteiger partial charge in [0.25, 0.3) is 5.91 Å². The summed E-state index contributed by atoms with van der Waals surface area (Å²) in [5.41, 5.74) is 1.57. The number of ketones is 1. The number of anilines is 1. The molecule has 1 aliphatic heterocycles. The van der Waals surface area contributed by atoms with Gasteiger partial charge in [-0.15, -0.1) is 11.3 Å². The molecular formula is C19H20ClNO4S. The van der Waals surface area contributed by atoms with Gasteiger partial charge in [-0.05, 0) is 54.5 Å². The lowest BCUT2D eigenvalue weighted by Crippen LogP contribution is -2.47. The van der Waals surface area contributed by atoms with Crippen LogP contribution in [0.4, 0.5) is 5.69 Å². The Hall–Kier alpha value is -1.73. The Bertz CT molecular complexity index is 793. The van der Waals surface area contributed by atoms with Crippen molar-refractivity contribution in [1.82, 2.24) is 0 Å². The van der Waals surface area contributed by atoms with E-state index in [0.717, 1.165) is 16.9 Å². The summed E-state index contributed by atoms with van der Waals surface area (Å²) in [6.45, 7) is 0.394. The van der Waals surface area contributed by atoms with E-state index in [1.165, 1.54) is 4.90 Å². The number of rotatable bonds is 7. The zero-order valence-electron chi connectivity index (χ0n) is 14.1. The molecule has 5 nitrogen and oxygen atoms in total. The fourth-order valence-electron chi connectivity index (χ4n) is 3.11. The van der Waals surface area contributed by atoms with Crippen LogP contribution in [-0.4, -0.2) is 40.7 Å². The lowest BCUT2D eigenvalue weighted by molar-refractivity contribution is -0.143. The SMILES string of the molecule is O=C(CCCc1cccs1)[C@H](O)[C@@H](O)C(=O)N1CCc2cc(Cl)ccc21. The first-order valence-corrected chi connectivity index (χ1v) is 9.74. The fourth-order valence-corrected chi connectivity index (χ4v) is 4.06. The minimum absolute atomic E-state index is 0.121.